The first-order valence-electron chi connectivity index (χ1n) is 5.14. The molecule has 2 aromatic rings. The number of hydrogen-bond donors (Lipinski definition) is 2. The third-order valence-electron chi connectivity index (χ3n) is 2.20. The van der Waals surface area contributed by atoms with E-state index in [9.17, 15) is 0 Å². The van der Waals surface area contributed by atoms with Crippen LogP contribution >= 0.6 is 22.9 Å². The van der Waals surface area contributed by atoms with Crippen LogP contribution in [-0.2, 0) is 6.42 Å². The molecule has 0 spiro atoms. The maximum Gasteiger partial charge on any atom is 0.225 e. The third-order valence-corrected chi connectivity index (χ3v) is 3.54. The average Bonchev–Trinajstić information content (AvgIpc) is 2.68. The van der Waals surface area contributed by atoms with Crippen LogP contribution in [-0.4, -0.2) is 23.1 Å². The second-order valence-corrected chi connectivity index (χ2v) is 4.80. The Morgan fingerprint density at radius 3 is 3.00 bits per heavy atom. The number of hydrogen-bond acceptors (Lipinski definition) is 5. The quantitative estimate of drug-likeness (QED) is 0.824. The van der Waals surface area contributed by atoms with Crippen LogP contribution in [0.1, 0.15) is 11.8 Å². The Bertz CT molecular complexity index is 497. The van der Waals surface area contributed by atoms with E-state index in [0.29, 0.717) is 13.1 Å². The van der Waals surface area contributed by atoms with Gasteiger partial charge < -0.3 is 11.1 Å². The molecule has 2 heterocycles. The van der Waals surface area contributed by atoms with Gasteiger partial charge in [-0.05, 0) is 24.1 Å². The predicted octanol–water partition coefficient (Wildman–Crippen LogP) is 2.28. The SMILES string of the molecule is CCc1cc2c(NCCN)nc(Cl)nc2s1. The minimum Gasteiger partial charge on any atom is -0.368 e. The predicted molar refractivity (Wildman–Crippen MR) is 69.3 cm³/mol. The van der Waals surface area contributed by atoms with E-state index in [-0.39, 0.29) is 5.28 Å². The number of rotatable bonds is 4. The number of fused-ring (bicyclic) bond motifs is 1. The maximum absolute atomic E-state index is 5.87. The van der Waals surface area contributed by atoms with Gasteiger partial charge in [0, 0.05) is 18.0 Å². The molecule has 0 aliphatic carbocycles. The second-order valence-electron chi connectivity index (χ2n) is 3.34. The van der Waals surface area contributed by atoms with Crippen molar-refractivity contribution >= 4 is 39.0 Å². The monoisotopic (exact) mass is 256 g/mol. The lowest BCUT2D eigenvalue weighted by atomic mass is 10.3. The zero-order valence-corrected chi connectivity index (χ0v) is 10.5. The molecule has 86 valence electrons. The highest BCUT2D eigenvalue weighted by Gasteiger charge is 2.09. The smallest absolute Gasteiger partial charge is 0.225 e. The van der Waals surface area contributed by atoms with Crippen molar-refractivity contribution in [2.75, 3.05) is 18.4 Å². The van der Waals surface area contributed by atoms with Crippen LogP contribution in [0.4, 0.5) is 5.82 Å². The number of aryl methyl sites for hydroxylation is 1. The van der Waals surface area contributed by atoms with Gasteiger partial charge in [0.25, 0.3) is 0 Å². The molecule has 2 aromatic heterocycles. The molecular formula is C10H13ClN4S. The van der Waals surface area contributed by atoms with Crippen molar-refractivity contribution in [3.8, 4) is 0 Å². The van der Waals surface area contributed by atoms with Crippen molar-refractivity contribution in [3.05, 3.63) is 16.2 Å². The topological polar surface area (TPSA) is 63.8 Å². The molecule has 0 saturated heterocycles. The van der Waals surface area contributed by atoms with Crippen molar-refractivity contribution < 1.29 is 0 Å². The summed E-state index contributed by atoms with van der Waals surface area (Å²) in [5.41, 5.74) is 5.45. The van der Waals surface area contributed by atoms with E-state index in [1.807, 2.05) is 0 Å². The highest BCUT2D eigenvalue weighted by Crippen LogP contribution is 2.30. The van der Waals surface area contributed by atoms with Crippen LogP contribution in [0.25, 0.3) is 10.2 Å². The standard InChI is InChI=1S/C10H13ClN4S/c1-2-6-5-7-8(13-4-3-12)14-10(11)15-9(7)16-6/h5H,2-4,12H2,1H3,(H,13,14,15). The molecule has 0 amide bonds. The Kier molecular flexibility index (Phi) is 3.58. The molecule has 0 unspecified atom stereocenters. The van der Waals surface area contributed by atoms with Crippen LogP contribution in [0, 0.1) is 0 Å². The van der Waals surface area contributed by atoms with E-state index in [1.54, 1.807) is 11.3 Å². The van der Waals surface area contributed by atoms with E-state index in [1.165, 1.54) is 4.88 Å². The molecule has 6 heteroatoms. The number of thiophene rings is 1. The van der Waals surface area contributed by atoms with Gasteiger partial charge >= 0.3 is 0 Å². The zero-order valence-electron chi connectivity index (χ0n) is 8.96. The molecule has 2 rings (SSSR count). The fourth-order valence-electron chi connectivity index (χ4n) is 1.44. The molecule has 0 aliphatic heterocycles. The Morgan fingerprint density at radius 1 is 1.50 bits per heavy atom. The number of anilines is 1. The van der Waals surface area contributed by atoms with Crippen LogP contribution in [0.15, 0.2) is 6.07 Å². The van der Waals surface area contributed by atoms with Crippen LogP contribution < -0.4 is 11.1 Å². The van der Waals surface area contributed by atoms with E-state index in [2.05, 4.69) is 28.3 Å². The van der Waals surface area contributed by atoms with Gasteiger partial charge in [0.2, 0.25) is 5.28 Å². The van der Waals surface area contributed by atoms with Gasteiger partial charge in [0.15, 0.2) is 0 Å². The third kappa shape index (κ3) is 2.26. The van der Waals surface area contributed by atoms with Crippen molar-refractivity contribution in [1.82, 2.24) is 9.97 Å². The lowest BCUT2D eigenvalue weighted by molar-refractivity contribution is 1.01. The molecule has 16 heavy (non-hydrogen) atoms. The molecule has 0 bridgehead atoms. The van der Waals surface area contributed by atoms with Gasteiger partial charge in [-0.1, -0.05) is 6.92 Å². The van der Waals surface area contributed by atoms with E-state index in [4.69, 9.17) is 17.3 Å². The number of nitrogens with one attached hydrogen (secondary N) is 1. The van der Waals surface area contributed by atoms with Gasteiger partial charge in [-0.2, -0.15) is 0 Å². The summed E-state index contributed by atoms with van der Waals surface area (Å²) in [4.78, 5) is 10.6. The Hall–Kier alpha value is -0.910. The highest BCUT2D eigenvalue weighted by atomic mass is 35.5. The van der Waals surface area contributed by atoms with Crippen LogP contribution in [0.3, 0.4) is 0 Å². The number of nitrogens with two attached hydrogens (primary N) is 1. The van der Waals surface area contributed by atoms with Crippen molar-refractivity contribution in [2.24, 2.45) is 5.73 Å². The molecule has 0 atom stereocenters. The van der Waals surface area contributed by atoms with Gasteiger partial charge in [-0.3, -0.25) is 0 Å². The molecule has 0 saturated carbocycles. The second kappa shape index (κ2) is 4.95. The van der Waals surface area contributed by atoms with Gasteiger partial charge in [-0.25, -0.2) is 9.97 Å². The van der Waals surface area contributed by atoms with E-state index in [0.717, 1.165) is 22.5 Å². The summed E-state index contributed by atoms with van der Waals surface area (Å²) in [6.07, 6.45) is 0.995. The molecule has 4 nitrogen and oxygen atoms in total. The summed E-state index contributed by atoms with van der Waals surface area (Å²) in [6, 6.07) is 2.11. The Morgan fingerprint density at radius 2 is 2.31 bits per heavy atom. The number of halogens is 1. The minimum absolute atomic E-state index is 0.275. The van der Waals surface area contributed by atoms with Crippen LogP contribution in [0.5, 0.6) is 0 Å². The van der Waals surface area contributed by atoms with Crippen LogP contribution in [0.2, 0.25) is 5.28 Å². The van der Waals surface area contributed by atoms with Gasteiger partial charge in [0.05, 0.1) is 5.39 Å². The fraction of sp³-hybridized carbons (Fsp3) is 0.400. The lowest BCUT2D eigenvalue weighted by Gasteiger charge is -2.04. The first kappa shape index (κ1) is 11.6. The Labute approximate surface area is 103 Å². The highest BCUT2D eigenvalue weighted by molar-refractivity contribution is 7.18. The molecule has 3 N–H and O–H groups in total. The molecule has 0 aromatic carbocycles. The summed E-state index contributed by atoms with van der Waals surface area (Å²) >= 11 is 7.52. The Balaban J connectivity index is 2.48. The lowest BCUT2D eigenvalue weighted by Crippen LogP contribution is -2.14. The summed E-state index contributed by atoms with van der Waals surface area (Å²) in [7, 11) is 0. The summed E-state index contributed by atoms with van der Waals surface area (Å²) in [6.45, 7) is 3.36. The zero-order chi connectivity index (χ0) is 11.5. The number of aromatic nitrogens is 2. The maximum atomic E-state index is 5.87. The van der Waals surface area contributed by atoms with Gasteiger partial charge in [0.1, 0.15) is 10.6 Å². The average molecular weight is 257 g/mol. The molecule has 0 fully saturated rings. The normalized spacial score (nSPS) is 10.9. The molecule has 0 radical (unpaired) electrons. The van der Waals surface area contributed by atoms with E-state index < -0.39 is 0 Å². The van der Waals surface area contributed by atoms with Crippen molar-refractivity contribution in [2.45, 2.75) is 13.3 Å². The first-order valence-corrected chi connectivity index (χ1v) is 6.34. The summed E-state index contributed by atoms with van der Waals surface area (Å²) < 4.78 is 0. The van der Waals surface area contributed by atoms with Crippen molar-refractivity contribution in [3.63, 3.8) is 0 Å². The van der Waals surface area contributed by atoms with Crippen molar-refractivity contribution in [1.29, 1.82) is 0 Å². The summed E-state index contributed by atoms with van der Waals surface area (Å²) in [5, 5.41) is 4.46. The molecule has 0 aliphatic rings. The number of nitrogens with zero attached hydrogens (tertiary/aromatic N) is 2. The first-order chi connectivity index (χ1) is 7.74. The van der Waals surface area contributed by atoms with Gasteiger partial charge in [-0.15, -0.1) is 11.3 Å². The largest absolute Gasteiger partial charge is 0.368 e. The van der Waals surface area contributed by atoms with E-state index >= 15 is 0 Å². The minimum atomic E-state index is 0.275. The fourth-order valence-corrected chi connectivity index (χ4v) is 2.63. The summed E-state index contributed by atoms with van der Waals surface area (Å²) in [5.74, 6) is 0.774. The molecular weight excluding hydrogens is 244 g/mol.